The van der Waals surface area contributed by atoms with Crippen molar-refractivity contribution in [3.8, 4) is 0 Å². The Balaban J connectivity index is 2.46. The number of nitrogens with one attached hydrogen (secondary N) is 2. The van der Waals surface area contributed by atoms with Crippen LogP contribution in [0.4, 0.5) is 0 Å². The molecule has 0 unspecified atom stereocenters. The average molecular weight is 257 g/mol. The molecule has 0 bridgehead atoms. The summed E-state index contributed by atoms with van der Waals surface area (Å²) in [5.41, 5.74) is 5.84. The summed E-state index contributed by atoms with van der Waals surface area (Å²) in [4.78, 5) is 11.9. The van der Waals surface area contributed by atoms with E-state index in [2.05, 4.69) is 17.6 Å². The van der Waals surface area contributed by atoms with Gasteiger partial charge in [-0.25, -0.2) is 0 Å². The van der Waals surface area contributed by atoms with Gasteiger partial charge in [0.05, 0.1) is 18.2 Å². The largest absolute Gasteiger partial charge is 0.390 e. The molecular weight excluding hydrogens is 230 g/mol. The van der Waals surface area contributed by atoms with E-state index in [0.29, 0.717) is 24.9 Å². The number of hydrogen-bond acceptors (Lipinski definition) is 4. The Bertz CT molecular complexity index is 271. The van der Waals surface area contributed by atoms with E-state index in [0.717, 1.165) is 12.8 Å². The number of carbonyl (C=O) groups is 1. The van der Waals surface area contributed by atoms with E-state index in [1.165, 1.54) is 0 Å². The first-order valence-corrected chi connectivity index (χ1v) is 6.87. The van der Waals surface area contributed by atoms with Crippen molar-refractivity contribution in [2.45, 2.75) is 64.3 Å². The van der Waals surface area contributed by atoms with Crippen molar-refractivity contribution in [2.24, 2.45) is 11.7 Å². The maximum Gasteiger partial charge on any atom is 0.237 e. The molecule has 5 heteroatoms. The third-order valence-electron chi connectivity index (χ3n) is 3.44. The lowest BCUT2D eigenvalue weighted by Gasteiger charge is -2.23. The van der Waals surface area contributed by atoms with Gasteiger partial charge in [0.15, 0.2) is 0 Å². The van der Waals surface area contributed by atoms with Gasteiger partial charge >= 0.3 is 0 Å². The molecule has 1 saturated heterocycles. The van der Waals surface area contributed by atoms with Crippen LogP contribution in [0.3, 0.4) is 0 Å². The van der Waals surface area contributed by atoms with E-state index < -0.39 is 12.1 Å². The third-order valence-corrected chi connectivity index (χ3v) is 3.44. The number of nitrogens with two attached hydrogens (primary N) is 1. The number of carbonyl (C=O) groups excluding carboxylic acids is 1. The molecule has 106 valence electrons. The van der Waals surface area contributed by atoms with Gasteiger partial charge in [0, 0.05) is 12.6 Å². The fourth-order valence-electron chi connectivity index (χ4n) is 2.26. The molecule has 1 aliphatic heterocycles. The van der Waals surface area contributed by atoms with Gasteiger partial charge in [-0.05, 0) is 32.1 Å². The highest BCUT2D eigenvalue weighted by molar-refractivity contribution is 5.81. The minimum atomic E-state index is -0.537. The molecule has 5 N–H and O–H groups in total. The van der Waals surface area contributed by atoms with Crippen LogP contribution >= 0.6 is 0 Å². The number of rotatable bonds is 4. The zero-order chi connectivity index (χ0) is 13.7. The Morgan fingerprint density at radius 1 is 1.50 bits per heavy atom. The highest BCUT2D eigenvalue weighted by Crippen LogP contribution is 2.11. The lowest BCUT2D eigenvalue weighted by Crippen LogP contribution is -2.51. The number of amides is 1. The molecule has 0 aromatic heterocycles. The Kier molecular flexibility index (Phi) is 6.05. The van der Waals surface area contributed by atoms with Crippen molar-refractivity contribution >= 4 is 5.91 Å². The Morgan fingerprint density at radius 2 is 2.17 bits per heavy atom. The number of β-amino-alcohol motifs (C(OH)–C–C–N with tert-alkyl or cyclic N) is 1. The van der Waals surface area contributed by atoms with Crippen LogP contribution in [0.2, 0.25) is 0 Å². The molecule has 0 spiro atoms. The molecule has 1 aliphatic rings. The van der Waals surface area contributed by atoms with Crippen LogP contribution in [0.1, 0.15) is 40.0 Å². The van der Waals surface area contributed by atoms with E-state index >= 15 is 0 Å². The van der Waals surface area contributed by atoms with E-state index in [1.54, 1.807) is 0 Å². The Hall–Kier alpha value is -0.650. The molecule has 18 heavy (non-hydrogen) atoms. The smallest absolute Gasteiger partial charge is 0.237 e. The van der Waals surface area contributed by atoms with Crippen LogP contribution in [-0.2, 0) is 4.79 Å². The topological polar surface area (TPSA) is 87.4 Å². The summed E-state index contributed by atoms with van der Waals surface area (Å²) >= 11 is 0. The van der Waals surface area contributed by atoms with Crippen LogP contribution in [0.5, 0.6) is 0 Å². The lowest BCUT2D eigenvalue weighted by molar-refractivity contribution is -0.124. The first-order chi connectivity index (χ1) is 8.40. The fraction of sp³-hybridized carbons (Fsp3) is 0.923. The second kappa shape index (κ2) is 7.07. The zero-order valence-corrected chi connectivity index (χ0v) is 11.6. The van der Waals surface area contributed by atoms with Crippen LogP contribution in [0, 0.1) is 5.92 Å². The minimum absolute atomic E-state index is 0.151. The summed E-state index contributed by atoms with van der Waals surface area (Å²) in [5, 5.41) is 16.1. The van der Waals surface area contributed by atoms with Crippen molar-refractivity contribution in [2.75, 3.05) is 6.54 Å². The predicted octanol–water partition coefficient (Wildman–Crippen LogP) is -0.0226. The van der Waals surface area contributed by atoms with Gasteiger partial charge in [0.2, 0.25) is 5.91 Å². The van der Waals surface area contributed by atoms with Crippen molar-refractivity contribution in [3.05, 3.63) is 0 Å². The SMILES string of the molecule is CC(C)C[C@H](N)C(=O)N[C@H]1CC[C@@H](C)NC[C@@H]1O. The number of hydrogen-bond donors (Lipinski definition) is 4. The lowest BCUT2D eigenvalue weighted by atomic mass is 10.0. The minimum Gasteiger partial charge on any atom is -0.390 e. The molecule has 0 radical (unpaired) electrons. The van der Waals surface area contributed by atoms with Crippen LogP contribution in [0.15, 0.2) is 0 Å². The van der Waals surface area contributed by atoms with Gasteiger partial charge in [0.25, 0.3) is 0 Å². The standard InChI is InChI=1S/C13H27N3O2/c1-8(2)6-10(14)13(18)16-11-5-4-9(3)15-7-12(11)17/h8-12,15,17H,4-7,14H2,1-3H3,(H,16,18)/t9-,10+,11+,12+/m1/s1. The summed E-state index contributed by atoms with van der Waals surface area (Å²) in [5.74, 6) is 0.244. The quantitative estimate of drug-likeness (QED) is 0.570. The molecule has 1 heterocycles. The van der Waals surface area contributed by atoms with Crippen LogP contribution in [-0.4, -0.2) is 41.8 Å². The predicted molar refractivity (Wildman–Crippen MR) is 72.1 cm³/mol. The summed E-state index contributed by atoms with van der Waals surface area (Å²) in [6.45, 7) is 6.69. The molecule has 0 aromatic carbocycles. The number of aliphatic hydroxyl groups is 1. The number of aliphatic hydroxyl groups excluding tert-OH is 1. The molecule has 0 aromatic rings. The van der Waals surface area contributed by atoms with Crippen molar-refractivity contribution in [3.63, 3.8) is 0 Å². The van der Waals surface area contributed by atoms with E-state index in [4.69, 9.17) is 5.73 Å². The second-order valence-electron chi connectivity index (χ2n) is 5.81. The molecule has 1 rings (SSSR count). The first-order valence-electron chi connectivity index (χ1n) is 6.87. The zero-order valence-electron chi connectivity index (χ0n) is 11.6. The second-order valence-corrected chi connectivity index (χ2v) is 5.81. The molecular formula is C13H27N3O2. The molecule has 0 saturated carbocycles. The normalized spacial score (nSPS) is 30.9. The van der Waals surface area contributed by atoms with Gasteiger partial charge in [0.1, 0.15) is 0 Å². The third kappa shape index (κ3) is 4.92. The highest BCUT2D eigenvalue weighted by atomic mass is 16.3. The molecule has 1 amide bonds. The Morgan fingerprint density at radius 3 is 2.78 bits per heavy atom. The van der Waals surface area contributed by atoms with Gasteiger partial charge in [-0.2, -0.15) is 0 Å². The summed E-state index contributed by atoms with van der Waals surface area (Å²) < 4.78 is 0. The molecule has 0 aliphatic carbocycles. The van der Waals surface area contributed by atoms with Gasteiger partial charge < -0.3 is 21.5 Å². The maximum atomic E-state index is 11.9. The first kappa shape index (κ1) is 15.4. The monoisotopic (exact) mass is 257 g/mol. The van der Waals surface area contributed by atoms with Crippen molar-refractivity contribution in [1.29, 1.82) is 0 Å². The van der Waals surface area contributed by atoms with Gasteiger partial charge in [-0.3, -0.25) is 4.79 Å². The fourth-order valence-corrected chi connectivity index (χ4v) is 2.26. The maximum absolute atomic E-state index is 11.9. The average Bonchev–Trinajstić information content (AvgIpc) is 2.43. The van der Waals surface area contributed by atoms with E-state index in [1.807, 2.05) is 13.8 Å². The van der Waals surface area contributed by atoms with E-state index in [9.17, 15) is 9.90 Å². The molecule has 1 fully saturated rings. The highest BCUT2D eigenvalue weighted by Gasteiger charge is 2.27. The molecule has 5 nitrogen and oxygen atoms in total. The van der Waals surface area contributed by atoms with Crippen molar-refractivity contribution < 1.29 is 9.90 Å². The van der Waals surface area contributed by atoms with Crippen LogP contribution < -0.4 is 16.4 Å². The summed E-state index contributed by atoms with van der Waals surface area (Å²) in [6.07, 6.45) is 1.87. The van der Waals surface area contributed by atoms with Gasteiger partial charge in [-0.1, -0.05) is 13.8 Å². The Labute approximate surface area is 110 Å². The van der Waals surface area contributed by atoms with Gasteiger partial charge in [-0.15, -0.1) is 0 Å². The van der Waals surface area contributed by atoms with E-state index in [-0.39, 0.29) is 11.9 Å². The van der Waals surface area contributed by atoms with Crippen LogP contribution in [0.25, 0.3) is 0 Å². The molecule has 4 atom stereocenters. The van der Waals surface area contributed by atoms with Crippen molar-refractivity contribution in [1.82, 2.24) is 10.6 Å². The summed E-state index contributed by atoms with van der Waals surface area (Å²) in [7, 11) is 0. The summed E-state index contributed by atoms with van der Waals surface area (Å²) in [6, 6.07) is -0.287.